The minimum atomic E-state index is 0.680. The lowest BCUT2D eigenvalue weighted by Gasteiger charge is -2.24. The Bertz CT molecular complexity index is 422. The topological polar surface area (TPSA) is 28.4 Å². The van der Waals surface area contributed by atoms with Crippen LogP contribution in [0.1, 0.15) is 57.0 Å². The Kier molecular flexibility index (Phi) is 4.47. The molecule has 112 valence electrons. The van der Waals surface area contributed by atoms with E-state index in [2.05, 4.69) is 36.2 Å². The largest absolute Gasteiger partial charge is 0.464 e. The summed E-state index contributed by atoms with van der Waals surface area (Å²) in [7, 11) is 0. The molecular weight excluding hydrogens is 248 g/mol. The number of hydrogen-bond acceptors (Lipinski definition) is 3. The van der Waals surface area contributed by atoms with Gasteiger partial charge >= 0.3 is 0 Å². The summed E-state index contributed by atoms with van der Waals surface area (Å²) in [6, 6.07) is 5.06. The van der Waals surface area contributed by atoms with Gasteiger partial charge in [-0.2, -0.15) is 0 Å². The second-order valence-electron chi connectivity index (χ2n) is 6.65. The molecule has 0 amide bonds. The Balaban J connectivity index is 1.55. The highest BCUT2D eigenvalue weighted by Gasteiger charge is 2.36. The molecule has 0 aromatic carbocycles. The van der Waals surface area contributed by atoms with Gasteiger partial charge in [0, 0.05) is 18.5 Å². The van der Waals surface area contributed by atoms with Crippen LogP contribution in [0.15, 0.2) is 16.5 Å². The zero-order valence-corrected chi connectivity index (χ0v) is 12.9. The first-order valence-corrected chi connectivity index (χ1v) is 8.30. The van der Waals surface area contributed by atoms with Crippen molar-refractivity contribution in [2.24, 2.45) is 5.92 Å². The molecule has 0 bridgehead atoms. The first kappa shape index (κ1) is 14.2. The summed E-state index contributed by atoms with van der Waals surface area (Å²) in [5.41, 5.74) is 0. The molecule has 1 N–H and O–H groups in total. The number of hydrogen-bond donors (Lipinski definition) is 1. The molecule has 2 fully saturated rings. The smallest absolute Gasteiger partial charge is 0.118 e. The predicted octanol–water partition coefficient (Wildman–Crippen LogP) is 3.37. The van der Waals surface area contributed by atoms with Crippen LogP contribution in [0.2, 0.25) is 0 Å². The highest BCUT2D eigenvalue weighted by atomic mass is 16.3. The molecule has 20 heavy (non-hydrogen) atoms. The van der Waals surface area contributed by atoms with Gasteiger partial charge < -0.3 is 9.73 Å². The molecule has 1 aromatic heterocycles. The molecule has 1 aliphatic heterocycles. The summed E-state index contributed by atoms with van der Waals surface area (Å²) >= 11 is 0. The first-order valence-electron chi connectivity index (χ1n) is 8.30. The molecule has 2 heterocycles. The fourth-order valence-corrected chi connectivity index (χ4v) is 3.39. The van der Waals surface area contributed by atoms with Crippen LogP contribution in [0.25, 0.3) is 0 Å². The molecule has 3 unspecified atom stereocenters. The molecular formula is C17H28N2O. The fraction of sp³-hybridized carbons (Fsp3) is 0.765. The summed E-state index contributed by atoms with van der Waals surface area (Å²) < 4.78 is 6.06. The SMILES string of the molecule is CCCN(Cc1ccc(C2CC2C)o1)CC1CCCN1. The fourth-order valence-electron chi connectivity index (χ4n) is 3.39. The number of furan rings is 1. The van der Waals surface area contributed by atoms with Crippen LogP contribution in [0.3, 0.4) is 0 Å². The van der Waals surface area contributed by atoms with Crippen molar-refractivity contribution in [2.75, 3.05) is 19.6 Å². The van der Waals surface area contributed by atoms with Gasteiger partial charge in [0.15, 0.2) is 0 Å². The van der Waals surface area contributed by atoms with Gasteiger partial charge in [-0.1, -0.05) is 13.8 Å². The van der Waals surface area contributed by atoms with E-state index in [0.717, 1.165) is 31.3 Å². The van der Waals surface area contributed by atoms with Gasteiger partial charge in [-0.05, 0) is 56.8 Å². The second-order valence-corrected chi connectivity index (χ2v) is 6.65. The zero-order chi connectivity index (χ0) is 13.9. The number of nitrogens with one attached hydrogen (secondary N) is 1. The van der Waals surface area contributed by atoms with Crippen molar-refractivity contribution >= 4 is 0 Å². The molecule has 1 aliphatic carbocycles. The van der Waals surface area contributed by atoms with Gasteiger partial charge in [0.1, 0.15) is 11.5 Å². The minimum absolute atomic E-state index is 0.680. The molecule has 3 atom stereocenters. The second kappa shape index (κ2) is 6.31. The molecule has 3 rings (SSSR count). The van der Waals surface area contributed by atoms with Crippen molar-refractivity contribution < 1.29 is 4.42 Å². The van der Waals surface area contributed by atoms with E-state index in [1.54, 1.807) is 0 Å². The quantitative estimate of drug-likeness (QED) is 0.827. The lowest BCUT2D eigenvalue weighted by Crippen LogP contribution is -2.37. The third-order valence-electron chi connectivity index (χ3n) is 4.72. The molecule has 1 aromatic rings. The standard InChI is InChI=1S/C17H28N2O/c1-3-9-19(11-14-5-4-8-18-14)12-15-6-7-17(20-15)16-10-13(16)2/h6-7,13-14,16,18H,3-5,8-12H2,1-2H3. The van der Waals surface area contributed by atoms with E-state index in [-0.39, 0.29) is 0 Å². The summed E-state index contributed by atoms with van der Waals surface area (Å²) in [6.07, 6.45) is 5.16. The van der Waals surface area contributed by atoms with Gasteiger partial charge in [-0.15, -0.1) is 0 Å². The Labute approximate surface area is 122 Å². The predicted molar refractivity (Wildman–Crippen MR) is 81.8 cm³/mol. The van der Waals surface area contributed by atoms with E-state index in [1.165, 1.54) is 38.0 Å². The van der Waals surface area contributed by atoms with Gasteiger partial charge in [0.2, 0.25) is 0 Å². The molecule has 0 spiro atoms. The van der Waals surface area contributed by atoms with Crippen molar-refractivity contribution in [1.82, 2.24) is 10.2 Å². The zero-order valence-electron chi connectivity index (χ0n) is 12.9. The average Bonchev–Trinajstić information content (AvgIpc) is 2.86. The van der Waals surface area contributed by atoms with E-state index in [0.29, 0.717) is 12.0 Å². The highest BCUT2D eigenvalue weighted by Crippen LogP contribution is 2.47. The molecule has 3 nitrogen and oxygen atoms in total. The highest BCUT2D eigenvalue weighted by molar-refractivity contribution is 5.17. The average molecular weight is 276 g/mol. The summed E-state index contributed by atoms with van der Waals surface area (Å²) in [5, 5.41) is 3.60. The van der Waals surface area contributed by atoms with E-state index in [4.69, 9.17) is 4.42 Å². The van der Waals surface area contributed by atoms with Crippen molar-refractivity contribution in [1.29, 1.82) is 0 Å². The molecule has 3 heteroatoms. The van der Waals surface area contributed by atoms with E-state index in [1.807, 2.05) is 0 Å². The van der Waals surface area contributed by atoms with Crippen LogP contribution in [0.4, 0.5) is 0 Å². The van der Waals surface area contributed by atoms with Gasteiger partial charge in [0.05, 0.1) is 6.54 Å². The van der Waals surface area contributed by atoms with E-state index in [9.17, 15) is 0 Å². The van der Waals surface area contributed by atoms with Crippen molar-refractivity contribution in [3.63, 3.8) is 0 Å². The maximum absolute atomic E-state index is 6.06. The van der Waals surface area contributed by atoms with Gasteiger partial charge in [-0.3, -0.25) is 4.90 Å². The Hall–Kier alpha value is -0.800. The van der Waals surface area contributed by atoms with Crippen LogP contribution in [-0.2, 0) is 6.54 Å². The number of nitrogens with zero attached hydrogens (tertiary/aromatic N) is 1. The summed E-state index contributed by atoms with van der Waals surface area (Å²) in [5.74, 6) is 3.87. The summed E-state index contributed by atoms with van der Waals surface area (Å²) in [4.78, 5) is 2.54. The van der Waals surface area contributed by atoms with Crippen molar-refractivity contribution in [3.05, 3.63) is 23.7 Å². The third kappa shape index (κ3) is 3.44. The number of rotatable bonds is 7. The molecule has 1 saturated heterocycles. The minimum Gasteiger partial charge on any atom is -0.464 e. The van der Waals surface area contributed by atoms with Crippen molar-refractivity contribution in [2.45, 2.75) is 58.0 Å². The Morgan fingerprint density at radius 3 is 2.90 bits per heavy atom. The van der Waals surface area contributed by atoms with E-state index >= 15 is 0 Å². The van der Waals surface area contributed by atoms with Crippen LogP contribution in [0, 0.1) is 5.92 Å². The molecule has 1 saturated carbocycles. The normalized spacial score (nSPS) is 29.2. The maximum atomic E-state index is 6.06. The first-order chi connectivity index (χ1) is 9.76. The van der Waals surface area contributed by atoms with Crippen LogP contribution in [0.5, 0.6) is 0 Å². The Morgan fingerprint density at radius 1 is 1.40 bits per heavy atom. The lowest BCUT2D eigenvalue weighted by atomic mass is 10.2. The van der Waals surface area contributed by atoms with E-state index < -0.39 is 0 Å². The van der Waals surface area contributed by atoms with Crippen LogP contribution in [-0.4, -0.2) is 30.6 Å². The molecule has 0 radical (unpaired) electrons. The van der Waals surface area contributed by atoms with Crippen LogP contribution >= 0.6 is 0 Å². The maximum Gasteiger partial charge on any atom is 0.118 e. The molecule has 2 aliphatic rings. The van der Waals surface area contributed by atoms with Gasteiger partial charge in [-0.25, -0.2) is 0 Å². The lowest BCUT2D eigenvalue weighted by molar-refractivity contribution is 0.221. The van der Waals surface area contributed by atoms with Gasteiger partial charge in [0.25, 0.3) is 0 Å². The Morgan fingerprint density at radius 2 is 2.25 bits per heavy atom. The summed E-state index contributed by atoms with van der Waals surface area (Å²) in [6.45, 7) is 9.04. The monoisotopic (exact) mass is 276 g/mol. The third-order valence-corrected chi connectivity index (χ3v) is 4.72. The van der Waals surface area contributed by atoms with Crippen molar-refractivity contribution in [3.8, 4) is 0 Å². The van der Waals surface area contributed by atoms with Crippen LogP contribution < -0.4 is 5.32 Å².